The summed E-state index contributed by atoms with van der Waals surface area (Å²) in [6.07, 6.45) is 3.84. The van der Waals surface area contributed by atoms with E-state index in [1.165, 1.54) is 22.7 Å². The van der Waals surface area contributed by atoms with Gasteiger partial charge in [0.05, 0.1) is 21.9 Å². The van der Waals surface area contributed by atoms with Crippen LogP contribution in [0.1, 0.15) is 14.5 Å². The van der Waals surface area contributed by atoms with Crippen LogP contribution in [0.25, 0.3) is 0 Å². The highest BCUT2D eigenvalue weighted by Gasteiger charge is 2.17. The second kappa shape index (κ2) is 4.61. The van der Waals surface area contributed by atoms with Crippen LogP contribution in [0.4, 0.5) is 0 Å². The van der Waals surface area contributed by atoms with Crippen LogP contribution in [0.3, 0.4) is 0 Å². The van der Waals surface area contributed by atoms with Gasteiger partial charge in [-0.2, -0.15) is 0 Å². The lowest BCUT2D eigenvalue weighted by molar-refractivity contribution is 0.0965. The molecule has 2 heterocycles. The summed E-state index contributed by atoms with van der Waals surface area (Å²) in [5.74, 6) is -0.0501. The fourth-order valence-electron chi connectivity index (χ4n) is 1.17. The Morgan fingerprint density at radius 2 is 2.07 bits per heavy atom. The Balaban J connectivity index is 2.03. The molecule has 0 spiro atoms. The smallest absolute Gasteiger partial charge is 0.191 e. The van der Waals surface area contributed by atoms with Crippen molar-refractivity contribution >= 4 is 28.5 Å². The van der Waals surface area contributed by atoms with Gasteiger partial charge in [-0.15, -0.1) is 22.7 Å². The Labute approximate surface area is 94.8 Å². The largest absolute Gasteiger partial charge is 0.321 e. The number of hydrogen-bond donors (Lipinski definition) is 1. The van der Waals surface area contributed by atoms with Gasteiger partial charge < -0.3 is 5.73 Å². The minimum Gasteiger partial charge on any atom is -0.321 e. The maximum absolute atomic E-state index is 11.8. The first kappa shape index (κ1) is 10.4. The highest BCUT2D eigenvalue weighted by Crippen LogP contribution is 2.13. The van der Waals surface area contributed by atoms with Crippen molar-refractivity contribution in [3.8, 4) is 0 Å². The third-order valence-corrected chi connectivity index (χ3v) is 3.51. The predicted octanol–water partition coefficient (Wildman–Crippen LogP) is 1.35. The van der Waals surface area contributed by atoms with Gasteiger partial charge >= 0.3 is 0 Å². The number of rotatable bonds is 4. The van der Waals surface area contributed by atoms with Gasteiger partial charge in [0.2, 0.25) is 0 Å². The maximum Gasteiger partial charge on any atom is 0.191 e. The molecule has 0 fully saturated rings. The van der Waals surface area contributed by atoms with Gasteiger partial charge in [-0.1, -0.05) is 0 Å². The lowest BCUT2D eigenvalue weighted by Gasteiger charge is -2.06. The number of aromatic nitrogens is 2. The molecule has 0 amide bonds. The predicted molar refractivity (Wildman–Crippen MR) is 60.2 cm³/mol. The number of ketones is 1. The van der Waals surface area contributed by atoms with Crippen molar-refractivity contribution in [1.82, 2.24) is 9.97 Å². The Morgan fingerprint density at radius 1 is 1.33 bits per heavy atom. The molecule has 15 heavy (non-hydrogen) atoms. The van der Waals surface area contributed by atoms with Gasteiger partial charge in [-0.3, -0.25) is 14.8 Å². The Bertz CT molecular complexity index is 424. The van der Waals surface area contributed by atoms with Crippen LogP contribution in [0.2, 0.25) is 0 Å². The number of carbonyl (C=O) groups excluding carboxylic acids is 1. The molecule has 0 bridgehead atoms. The highest BCUT2D eigenvalue weighted by atomic mass is 32.1. The molecule has 4 nitrogen and oxygen atoms in total. The summed E-state index contributed by atoms with van der Waals surface area (Å²) in [5.41, 5.74) is 9.17. The fourth-order valence-corrected chi connectivity index (χ4v) is 2.45. The van der Waals surface area contributed by atoms with Crippen molar-refractivity contribution in [1.29, 1.82) is 0 Å². The average molecular weight is 239 g/mol. The van der Waals surface area contributed by atoms with Crippen molar-refractivity contribution in [2.24, 2.45) is 5.73 Å². The quantitative estimate of drug-likeness (QED) is 0.818. The van der Waals surface area contributed by atoms with Crippen LogP contribution >= 0.6 is 22.7 Å². The molecule has 2 aromatic heterocycles. The van der Waals surface area contributed by atoms with E-state index in [1.807, 2.05) is 0 Å². The van der Waals surface area contributed by atoms with Gasteiger partial charge in [0.15, 0.2) is 5.78 Å². The monoisotopic (exact) mass is 239 g/mol. The second-order valence-electron chi connectivity index (χ2n) is 3.01. The molecule has 2 aromatic rings. The topological polar surface area (TPSA) is 68.9 Å². The number of nitrogens with zero attached hydrogens (tertiary/aromatic N) is 2. The van der Waals surface area contributed by atoms with E-state index in [0.29, 0.717) is 11.3 Å². The van der Waals surface area contributed by atoms with Gasteiger partial charge in [0.1, 0.15) is 0 Å². The van der Waals surface area contributed by atoms with Crippen molar-refractivity contribution in [2.75, 3.05) is 0 Å². The van der Waals surface area contributed by atoms with Crippen molar-refractivity contribution in [3.63, 3.8) is 0 Å². The minimum absolute atomic E-state index is 0.0501. The third-order valence-electron chi connectivity index (χ3n) is 1.92. The summed E-state index contributed by atoms with van der Waals surface area (Å²) in [6, 6.07) is -0.495. The molecule has 0 aliphatic heterocycles. The maximum atomic E-state index is 11.8. The van der Waals surface area contributed by atoms with E-state index in [-0.39, 0.29) is 5.78 Å². The Kier molecular flexibility index (Phi) is 3.20. The molecule has 0 aromatic carbocycles. The zero-order valence-electron chi connectivity index (χ0n) is 7.79. The van der Waals surface area contributed by atoms with Crippen molar-refractivity contribution < 1.29 is 4.79 Å². The Hall–Kier alpha value is -1.11. The molecular weight excluding hydrogens is 230 g/mol. The second-order valence-corrected chi connectivity index (χ2v) is 4.87. The van der Waals surface area contributed by atoms with Gasteiger partial charge in [-0.05, 0) is 0 Å². The molecule has 0 saturated carbocycles. The number of carbonyl (C=O) groups is 1. The number of hydrogen-bond acceptors (Lipinski definition) is 6. The van der Waals surface area contributed by atoms with E-state index in [0.717, 1.165) is 4.88 Å². The van der Waals surface area contributed by atoms with Crippen LogP contribution in [-0.2, 0) is 6.42 Å². The van der Waals surface area contributed by atoms with E-state index in [2.05, 4.69) is 9.97 Å². The fraction of sp³-hybridized carbons (Fsp3) is 0.222. The number of Topliss-reactive ketones (excluding diaryl/α,β-unsaturated/α-hetero) is 1. The first-order valence-electron chi connectivity index (χ1n) is 4.33. The molecule has 0 saturated heterocycles. The van der Waals surface area contributed by atoms with Gasteiger partial charge in [0.25, 0.3) is 0 Å². The summed E-state index contributed by atoms with van der Waals surface area (Å²) < 4.78 is 0. The van der Waals surface area contributed by atoms with Crippen LogP contribution in [0, 0.1) is 0 Å². The zero-order chi connectivity index (χ0) is 10.7. The molecule has 1 unspecified atom stereocenters. The normalized spacial score (nSPS) is 12.6. The van der Waals surface area contributed by atoms with E-state index >= 15 is 0 Å². The summed E-state index contributed by atoms with van der Waals surface area (Å²) >= 11 is 2.83. The summed E-state index contributed by atoms with van der Waals surface area (Å²) in [7, 11) is 0. The van der Waals surface area contributed by atoms with Gasteiger partial charge in [-0.25, -0.2) is 0 Å². The van der Waals surface area contributed by atoms with E-state index in [9.17, 15) is 4.79 Å². The first-order valence-corrected chi connectivity index (χ1v) is 6.09. The minimum atomic E-state index is -0.495. The van der Waals surface area contributed by atoms with E-state index < -0.39 is 6.04 Å². The van der Waals surface area contributed by atoms with E-state index in [1.54, 1.807) is 23.4 Å². The van der Waals surface area contributed by atoms with Crippen molar-refractivity contribution in [2.45, 2.75) is 12.5 Å². The summed E-state index contributed by atoms with van der Waals surface area (Å²) in [4.78, 5) is 21.2. The molecule has 0 aliphatic carbocycles. The van der Waals surface area contributed by atoms with Crippen LogP contribution in [0.5, 0.6) is 0 Å². The lowest BCUT2D eigenvalue weighted by atomic mass is 10.1. The summed E-state index contributed by atoms with van der Waals surface area (Å²) in [5, 5.41) is 0. The molecule has 2 N–H and O–H groups in total. The van der Waals surface area contributed by atoms with Gasteiger partial charge in [0, 0.05) is 23.7 Å². The average Bonchev–Trinajstić information content (AvgIpc) is 2.88. The number of nitrogens with two attached hydrogens (primary N) is 1. The molecular formula is C9H9N3OS2. The highest BCUT2D eigenvalue weighted by molar-refractivity contribution is 7.11. The molecule has 78 valence electrons. The molecule has 0 aliphatic rings. The summed E-state index contributed by atoms with van der Waals surface area (Å²) in [6.45, 7) is 0. The lowest BCUT2D eigenvalue weighted by Crippen LogP contribution is -2.31. The first-order chi connectivity index (χ1) is 7.27. The zero-order valence-corrected chi connectivity index (χ0v) is 9.42. The van der Waals surface area contributed by atoms with Crippen molar-refractivity contribution in [3.05, 3.63) is 33.2 Å². The molecule has 1 atom stereocenters. The standard InChI is InChI=1S/C9H9N3OS2/c10-7(1-6-2-11-4-14-6)9(13)8-3-12-5-15-8/h2-5,7H,1,10H2. The number of thiazole rings is 2. The van der Waals surface area contributed by atoms with E-state index in [4.69, 9.17) is 5.73 Å². The van der Waals surface area contributed by atoms with Crippen LogP contribution in [0.15, 0.2) is 23.4 Å². The third kappa shape index (κ3) is 2.47. The SMILES string of the molecule is NC(Cc1cncs1)C(=O)c1cncs1. The molecule has 2 rings (SSSR count). The van der Waals surface area contributed by atoms with Crippen LogP contribution < -0.4 is 5.73 Å². The molecule has 0 radical (unpaired) electrons. The molecule has 6 heteroatoms. The Morgan fingerprint density at radius 3 is 2.67 bits per heavy atom. The van der Waals surface area contributed by atoms with Crippen LogP contribution in [-0.4, -0.2) is 21.8 Å².